The molecular formula is C18H16F3NO4S. The van der Waals surface area contributed by atoms with E-state index in [1.165, 1.54) is 43.5 Å². The number of nitrogens with one attached hydrogen (secondary N) is 1. The van der Waals surface area contributed by atoms with E-state index in [-0.39, 0.29) is 12.2 Å². The summed E-state index contributed by atoms with van der Waals surface area (Å²) in [5.41, 5.74) is 0.762. The topological polar surface area (TPSA) is 64.6 Å². The molecule has 1 amide bonds. The van der Waals surface area contributed by atoms with Crippen LogP contribution in [0.25, 0.3) is 0 Å². The summed E-state index contributed by atoms with van der Waals surface area (Å²) < 4.78 is 47.7. The van der Waals surface area contributed by atoms with Gasteiger partial charge >= 0.3 is 5.97 Å². The van der Waals surface area contributed by atoms with E-state index in [1.54, 1.807) is 0 Å². The molecule has 5 nitrogen and oxygen atoms in total. The molecule has 2 aromatic rings. The van der Waals surface area contributed by atoms with Crippen molar-refractivity contribution in [2.75, 3.05) is 19.0 Å². The van der Waals surface area contributed by atoms with Gasteiger partial charge in [0.2, 0.25) is 0 Å². The number of thioether (sulfide) groups is 1. The van der Waals surface area contributed by atoms with Gasteiger partial charge in [-0.05, 0) is 42.0 Å². The Bertz CT molecular complexity index is 800. The zero-order valence-corrected chi connectivity index (χ0v) is 15.0. The molecule has 2 aromatic carbocycles. The summed E-state index contributed by atoms with van der Waals surface area (Å²) in [6.45, 7) is -0.523. The molecule has 9 heteroatoms. The molecule has 0 saturated heterocycles. The van der Waals surface area contributed by atoms with E-state index in [0.29, 0.717) is 27.9 Å². The third kappa shape index (κ3) is 6.86. The molecular weight excluding hydrogens is 383 g/mol. The SMILES string of the molecule is COc1ccc(CC(=O)OCC(=O)Nc2ccc(SC(F)F)cc2)cc1F. The molecule has 2 rings (SSSR count). The number of amides is 1. The van der Waals surface area contributed by atoms with E-state index in [1.807, 2.05) is 0 Å². The standard InChI is InChI=1S/C18H16F3NO4S/c1-25-15-7-2-11(8-14(15)19)9-17(24)26-10-16(23)22-12-3-5-13(6-4-12)27-18(20)21/h2-8,18H,9-10H2,1H3,(H,22,23). The van der Waals surface area contributed by atoms with Gasteiger partial charge < -0.3 is 14.8 Å². The molecule has 1 N–H and O–H groups in total. The number of hydrogen-bond acceptors (Lipinski definition) is 5. The smallest absolute Gasteiger partial charge is 0.310 e. The molecule has 0 aliphatic heterocycles. The van der Waals surface area contributed by atoms with Gasteiger partial charge in [-0.15, -0.1) is 0 Å². The summed E-state index contributed by atoms with van der Waals surface area (Å²) in [6, 6.07) is 9.87. The maximum absolute atomic E-state index is 13.6. The van der Waals surface area contributed by atoms with Crippen LogP contribution in [0.15, 0.2) is 47.4 Å². The summed E-state index contributed by atoms with van der Waals surface area (Å²) in [4.78, 5) is 23.9. The Hall–Kier alpha value is -2.68. The van der Waals surface area contributed by atoms with E-state index in [2.05, 4.69) is 5.32 Å². The summed E-state index contributed by atoms with van der Waals surface area (Å²) in [5, 5.41) is 2.48. The fourth-order valence-electron chi connectivity index (χ4n) is 2.10. The van der Waals surface area contributed by atoms with Crippen LogP contribution in [0.4, 0.5) is 18.9 Å². The highest BCUT2D eigenvalue weighted by Crippen LogP contribution is 2.26. The second-order valence-corrected chi connectivity index (χ2v) is 6.32. The van der Waals surface area contributed by atoms with Gasteiger partial charge in [0.25, 0.3) is 11.7 Å². The van der Waals surface area contributed by atoms with Gasteiger partial charge in [0.05, 0.1) is 13.5 Å². The van der Waals surface area contributed by atoms with Crippen LogP contribution in [0.3, 0.4) is 0 Å². The lowest BCUT2D eigenvalue weighted by molar-refractivity contribution is -0.146. The number of carbonyl (C=O) groups is 2. The van der Waals surface area contributed by atoms with Crippen molar-refractivity contribution < 1.29 is 32.2 Å². The first kappa shape index (κ1) is 20.6. The van der Waals surface area contributed by atoms with Gasteiger partial charge in [-0.3, -0.25) is 9.59 Å². The Labute approximate surface area is 157 Å². The monoisotopic (exact) mass is 399 g/mol. The summed E-state index contributed by atoms with van der Waals surface area (Å²) in [7, 11) is 1.33. The first-order chi connectivity index (χ1) is 12.9. The van der Waals surface area contributed by atoms with E-state index >= 15 is 0 Å². The number of carbonyl (C=O) groups excluding carboxylic acids is 2. The lowest BCUT2D eigenvalue weighted by Crippen LogP contribution is -2.21. The molecule has 0 heterocycles. The molecule has 0 saturated carbocycles. The highest BCUT2D eigenvalue weighted by molar-refractivity contribution is 7.99. The van der Waals surface area contributed by atoms with Crippen LogP contribution in [0.5, 0.6) is 5.75 Å². The van der Waals surface area contributed by atoms with Crippen LogP contribution >= 0.6 is 11.8 Å². The maximum Gasteiger partial charge on any atom is 0.310 e. The molecule has 0 spiro atoms. The third-order valence-electron chi connectivity index (χ3n) is 3.29. The summed E-state index contributed by atoms with van der Waals surface area (Å²) in [5.74, 6) is -4.35. The van der Waals surface area contributed by atoms with Gasteiger partial charge in [-0.2, -0.15) is 8.78 Å². The molecule has 144 valence electrons. The second kappa shape index (κ2) is 9.86. The molecule has 0 bridgehead atoms. The minimum absolute atomic E-state index is 0.0597. The number of alkyl halides is 2. The van der Waals surface area contributed by atoms with E-state index < -0.39 is 30.1 Å². The van der Waals surface area contributed by atoms with Crippen molar-refractivity contribution in [1.29, 1.82) is 0 Å². The van der Waals surface area contributed by atoms with Crippen molar-refractivity contribution >= 4 is 29.3 Å². The minimum atomic E-state index is -2.52. The molecule has 27 heavy (non-hydrogen) atoms. The lowest BCUT2D eigenvalue weighted by Gasteiger charge is -2.08. The van der Waals surface area contributed by atoms with E-state index in [9.17, 15) is 22.8 Å². The second-order valence-electron chi connectivity index (χ2n) is 5.26. The van der Waals surface area contributed by atoms with Crippen LogP contribution in [0.1, 0.15) is 5.56 Å². The number of esters is 1. The van der Waals surface area contributed by atoms with Gasteiger partial charge in [0, 0.05) is 10.6 Å². The van der Waals surface area contributed by atoms with Gasteiger partial charge in [-0.1, -0.05) is 17.8 Å². The van der Waals surface area contributed by atoms with Crippen LogP contribution in [0, 0.1) is 5.82 Å². The Balaban J connectivity index is 1.79. The minimum Gasteiger partial charge on any atom is -0.494 e. The summed E-state index contributed by atoms with van der Waals surface area (Å²) in [6.07, 6.45) is -0.201. The first-order valence-electron chi connectivity index (χ1n) is 7.70. The normalized spacial score (nSPS) is 10.6. The maximum atomic E-state index is 13.6. The van der Waals surface area contributed by atoms with E-state index in [0.717, 1.165) is 6.07 Å². The lowest BCUT2D eigenvalue weighted by atomic mass is 10.1. The quantitative estimate of drug-likeness (QED) is 0.539. The number of hydrogen-bond donors (Lipinski definition) is 1. The number of ether oxygens (including phenoxy) is 2. The fraction of sp³-hybridized carbons (Fsp3) is 0.222. The van der Waals surface area contributed by atoms with Crippen molar-refractivity contribution in [1.82, 2.24) is 0 Å². The van der Waals surface area contributed by atoms with Gasteiger partial charge in [-0.25, -0.2) is 4.39 Å². The Morgan fingerprint density at radius 1 is 1.15 bits per heavy atom. The number of halogens is 3. The van der Waals surface area contributed by atoms with Crippen molar-refractivity contribution in [3.05, 3.63) is 53.8 Å². The van der Waals surface area contributed by atoms with Crippen LogP contribution in [0.2, 0.25) is 0 Å². The van der Waals surface area contributed by atoms with Crippen LogP contribution < -0.4 is 10.1 Å². The average Bonchev–Trinajstić information content (AvgIpc) is 2.61. The number of anilines is 1. The molecule has 0 aromatic heterocycles. The molecule has 0 fully saturated rings. The first-order valence-corrected chi connectivity index (χ1v) is 8.58. The van der Waals surface area contributed by atoms with Crippen LogP contribution in [-0.2, 0) is 20.7 Å². The Morgan fingerprint density at radius 3 is 2.44 bits per heavy atom. The predicted octanol–water partition coefficient (Wildman–Crippen LogP) is 3.87. The molecule has 0 radical (unpaired) electrons. The Kier molecular flexibility index (Phi) is 7.54. The highest BCUT2D eigenvalue weighted by Gasteiger charge is 2.11. The van der Waals surface area contributed by atoms with Crippen molar-refractivity contribution in [3.8, 4) is 5.75 Å². The molecule has 0 atom stereocenters. The molecule has 0 unspecified atom stereocenters. The highest BCUT2D eigenvalue weighted by atomic mass is 32.2. The zero-order valence-electron chi connectivity index (χ0n) is 14.2. The average molecular weight is 399 g/mol. The van der Waals surface area contributed by atoms with Crippen molar-refractivity contribution in [2.45, 2.75) is 17.1 Å². The van der Waals surface area contributed by atoms with Crippen molar-refractivity contribution in [3.63, 3.8) is 0 Å². The van der Waals surface area contributed by atoms with Gasteiger partial charge in [0.1, 0.15) is 0 Å². The number of methoxy groups -OCH3 is 1. The van der Waals surface area contributed by atoms with Gasteiger partial charge in [0.15, 0.2) is 18.2 Å². The third-order valence-corrected chi connectivity index (χ3v) is 4.01. The number of rotatable bonds is 8. The van der Waals surface area contributed by atoms with E-state index in [4.69, 9.17) is 9.47 Å². The van der Waals surface area contributed by atoms with Crippen molar-refractivity contribution in [2.24, 2.45) is 0 Å². The molecule has 0 aliphatic carbocycles. The Morgan fingerprint density at radius 2 is 1.85 bits per heavy atom. The zero-order chi connectivity index (χ0) is 19.8. The molecule has 0 aliphatic rings. The van der Waals surface area contributed by atoms with Crippen LogP contribution in [-0.4, -0.2) is 31.4 Å². The summed E-state index contributed by atoms with van der Waals surface area (Å²) >= 11 is 0.394. The largest absolute Gasteiger partial charge is 0.494 e. The number of benzene rings is 2. The fourth-order valence-corrected chi connectivity index (χ4v) is 2.60. The predicted molar refractivity (Wildman–Crippen MR) is 94.5 cm³/mol.